The van der Waals surface area contributed by atoms with Gasteiger partial charge in [0.1, 0.15) is 0 Å². The lowest BCUT2D eigenvalue weighted by molar-refractivity contribution is -0.118. The number of fused-ring (bicyclic) bond motifs is 3. The number of hydrogen-bond acceptors (Lipinski definition) is 4. The Morgan fingerprint density at radius 1 is 1.29 bits per heavy atom. The number of nitrogens with zero attached hydrogens (tertiary/aromatic N) is 1. The fraction of sp³-hybridized carbons (Fsp3) is 0.708. The number of benzene rings is 1. The Morgan fingerprint density at radius 3 is 2.77 bits per heavy atom. The third-order valence-electron chi connectivity index (χ3n) is 6.56. The lowest BCUT2D eigenvalue weighted by Crippen LogP contribution is -2.44. The molecule has 0 spiro atoms. The molecule has 4 atom stereocenters. The van der Waals surface area contributed by atoms with Crippen LogP contribution in [0.3, 0.4) is 0 Å². The zero-order chi connectivity index (χ0) is 22.4. The molecule has 2 heterocycles. The van der Waals surface area contributed by atoms with E-state index in [2.05, 4.69) is 24.5 Å². The topological polar surface area (TPSA) is 53.6 Å². The zero-order valence-corrected chi connectivity index (χ0v) is 19.0. The van der Waals surface area contributed by atoms with Crippen molar-refractivity contribution in [2.24, 2.45) is 5.92 Å². The SMILES string of the molecule is CCCCN(C=O)CCCNCC1CCC2C(O1)c1cc(C(C)(F)F)ccc1N[C@H]2C. The number of carbonyl (C=O) groups is 1. The fourth-order valence-electron chi connectivity index (χ4n) is 4.68. The van der Waals surface area contributed by atoms with Gasteiger partial charge in [0.05, 0.1) is 12.2 Å². The predicted octanol–water partition coefficient (Wildman–Crippen LogP) is 4.69. The first-order valence-electron chi connectivity index (χ1n) is 11.7. The van der Waals surface area contributed by atoms with Crippen molar-refractivity contribution in [3.8, 4) is 0 Å². The van der Waals surface area contributed by atoms with Gasteiger partial charge in [0.2, 0.25) is 6.41 Å². The van der Waals surface area contributed by atoms with E-state index in [1.54, 1.807) is 12.1 Å². The second-order valence-corrected chi connectivity index (χ2v) is 9.10. The molecule has 31 heavy (non-hydrogen) atoms. The lowest BCUT2D eigenvalue weighted by Gasteiger charge is -2.44. The highest BCUT2D eigenvalue weighted by molar-refractivity contribution is 5.57. The number of hydrogen-bond donors (Lipinski definition) is 2. The second-order valence-electron chi connectivity index (χ2n) is 9.10. The standard InChI is InChI=1S/C24H37F2N3O2/c1-4-5-12-29(16-30)13-6-11-27-15-19-8-9-20-17(2)28-22-10-7-18(24(3,25)26)14-21(22)23(20)31-19/h7,10,14,16-17,19-20,23,27-28H,4-6,8-9,11-13,15H2,1-3H3/t17-,19?,20?,23?/m0/s1. The van der Waals surface area contributed by atoms with Crippen molar-refractivity contribution < 1.29 is 18.3 Å². The molecule has 2 N–H and O–H groups in total. The van der Waals surface area contributed by atoms with Crippen molar-refractivity contribution >= 4 is 12.1 Å². The normalized spacial score (nSPS) is 25.3. The highest BCUT2D eigenvalue weighted by Gasteiger charge is 2.40. The van der Waals surface area contributed by atoms with Crippen LogP contribution in [-0.4, -0.2) is 49.6 Å². The lowest BCUT2D eigenvalue weighted by atomic mass is 9.79. The van der Waals surface area contributed by atoms with E-state index < -0.39 is 5.92 Å². The van der Waals surface area contributed by atoms with Gasteiger partial charge < -0.3 is 20.3 Å². The maximum atomic E-state index is 13.9. The molecule has 1 amide bonds. The number of ether oxygens (including phenoxy) is 1. The van der Waals surface area contributed by atoms with E-state index in [4.69, 9.17) is 4.74 Å². The molecule has 0 aromatic heterocycles. The average molecular weight is 438 g/mol. The summed E-state index contributed by atoms with van der Waals surface area (Å²) in [5.74, 6) is -2.58. The Balaban J connectivity index is 1.54. The molecule has 1 aromatic rings. The van der Waals surface area contributed by atoms with Gasteiger partial charge in [0.15, 0.2) is 0 Å². The van der Waals surface area contributed by atoms with Crippen LogP contribution >= 0.6 is 0 Å². The van der Waals surface area contributed by atoms with Gasteiger partial charge in [-0.25, -0.2) is 8.78 Å². The van der Waals surface area contributed by atoms with Gasteiger partial charge in [-0.1, -0.05) is 19.4 Å². The summed E-state index contributed by atoms with van der Waals surface area (Å²) in [6, 6.07) is 5.13. The fourth-order valence-corrected chi connectivity index (χ4v) is 4.68. The van der Waals surface area contributed by atoms with E-state index >= 15 is 0 Å². The van der Waals surface area contributed by atoms with Crippen LogP contribution in [0.15, 0.2) is 18.2 Å². The average Bonchev–Trinajstić information content (AvgIpc) is 2.74. The van der Waals surface area contributed by atoms with Crippen LogP contribution in [0, 0.1) is 5.92 Å². The molecule has 0 aliphatic carbocycles. The zero-order valence-electron chi connectivity index (χ0n) is 19.0. The van der Waals surface area contributed by atoms with E-state index in [1.165, 1.54) is 6.07 Å². The first kappa shape index (κ1) is 23.9. The van der Waals surface area contributed by atoms with E-state index in [0.29, 0.717) is 0 Å². The maximum absolute atomic E-state index is 13.9. The van der Waals surface area contributed by atoms with Crippen LogP contribution in [0.25, 0.3) is 0 Å². The Labute approximate surface area is 184 Å². The van der Waals surface area contributed by atoms with E-state index in [9.17, 15) is 13.6 Å². The summed E-state index contributed by atoms with van der Waals surface area (Å²) < 4.78 is 34.2. The van der Waals surface area contributed by atoms with Gasteiger partial charge in [-0.05, 0) is 51.3 Å². The smallest absolute Gasteiger partial charge is 0.270 e. The number of carbonyl (C=O) groups excluding carboxylic acids is 1. The molecular weight excluding hydrogens is 400 g/mol. The predicted molar refractivity (Wildman–Crippen MR) is 119 cm³/mol. The number of anilines is 1. The molecule has 174 valence electrons. The molecule has 1 saturated heterocycles. The van der Waals surface area contributed by atoms with Gasteiger partial charge in [-0.15, -0.1) is 0 Å². The molecule has 0 bridgehead atoms. The van der Waals surface area contributed by atoms with Crippen LogP contribution < -0.4 is 10.6 Å². The molecule has 1 fully saturated rings. The third-order valence-corrected chi connectivity index (χ3v) is 6.56. The molecule has 0 radical (unpaired) electrons. The molecule has 7 heteroatoms. The van der Waals surface area contributed by atoms with Crippen LogP contribution in [0.4, 0.5) is 14.5 Å². The first-order chi connectivity index (χ1) is 14.8. The van der Waals surface area contributed by atoms with Crippen molar-refractivity contribution in [1.82, 2.24) is 10.2 Å². The molecular formula is C24H37F2N3O2. The van der Waals surface area contributed by atoms with Crippen LogP contribution in [-0.2, 0) is 15.5 Å². The maximum Gasteiger partial charge on any atom is 0.270 e. The van der Waals surface area contributed by atoms with Gasteiger partial charge in [0, 0.05) is 55.3 Å². The summed E-state index contributed by atoms with van der Waals surface area (Å²) in [4.78, 5) is 12.9. The molecule has 3 rings (SSSR count). The minimum Gasteiger partial charge on any atom is -0.382 e. The summed E-state index contributed by atoms with van der Waals surface area (Å²) in [5.41, 5.74) is 1.79. The molecule has 0 saturated carbocycles. The summed E-state index contributed by atoms with van der Waals surface area (Å²) in [5, 5.41) is 6.92. The molecule has 1 aromatic carbocycles. The van der Waals surface area contributed by atoms with E-state index in [1.807, 2.05) is 4.90 Å². The third kappa shape index (κ3) is 6.16. The summed E-state index contributed by atoms with van der Waals surface area (Å²) in [6.07, 6.45) is 5.82. The van der Waals surface area contributed by atoms with Gasteiger partial charge in [0.25, 0.3) is 5.92 Å². The number of nitrogens with one attached hydrogen (secondary N) is 2. The highest BCUT2D eigenvalue weighted by Crippen LogP contribution is 2.46. The van der Waals surface area contributed by atoms with Gasteiger partial charge in [-0.3, -0.25) is 4.79 Å². The van der Waals surface area contributed by atoms with Crippen molar-refractivity contribution in [3.05, 3.63) is 29.3 Å². The summed E-state index contributed by atoms with van der Waals surface area (Å²) >= 11 is 0. The molecule has 2 aliphatic heterocycles. The highest BCUT2D eigenvalue weighted by atomic mass is 19.3. The van der Waals surface area contributed by atoms with Crippen molar-refractivity contribution in [3.63, 3.8) is 0 Å². The minimum atomic E-state index is -2.87. The number of rotatable bonds is 11. The van der Waals surface area contributed by atoms with Crippen molar-refractivity contribution in [1.29, 1.82) is 0 Å². The molecule has 5 nitrogen and oxygen atoms in total. The number of amides is 1. The van der Waals surface area contributed by atoms with Crippen LogP contribution in [0.5, 0.6) is 0 Å². The van der Waals surface area contributed by atoms with Crippen LogP contribution in [0.1, 0.15) is 70.1 Å². The van der Waals surface area contributed by atoms with E-state index in [-0.39, 0.29) is 29.7 Å². The van der Waals surface area contributed by atoms with E-state index in [0.717, 1.165) is 82.9 Å². The molecule has 2 aliphatic rings. The number of halogens is 2. The Morgan fingerprint density at radius 2 is 2.06 bits per heavy atom. The van der Waals surface area contributed by atoms with Gasteiger partial charge in [-0.2, -0.15) is 0 Å². The quantitative estimate of drug-likeness (QED) is 0.390. The molecule has 3 unspecified atom stereocenters. The minimum absolute atomic E-state index is 0.0352. The Bertz CT molecular complexity index is 725. The summed E-state index contributed by atoms with van der Waals surface area (Å²) in [6.45, 7) is 8.34. The first-order valence-corrected chi connectivity index (χ1v) is 11.7. The largest absolute Gasteiger partial charge is 0.382 e. The van der Waals surface area contributed by atoms with Gasteiger partial charge >= 0.3 is 0 Å². The monoisotopic (exact) mass is 437 g/mol. The van der Waals surface area contributed by atoms with Crippen molar-refractivity contribution in [2.75, 3.05) is 31.5 Å². The Hall–Kier alpha value is -1.73. The second kappa shape index (κ2) is 10.7. The van der Waals surface area contributed by atoms with Crippen molar-refractivity contribution in [2.45, 2.75) is 77.0 Å². The van der Waals surface area contributed by atoms with Crippen LogP contribution in [0.2, 0.25) is 0 Å². The number of unbranched alkanes of at least 4 members (excludes halogenated alkanes) is 1. The summed E-state index contributed by atoms with van der Waals surface area (Å²) in [7, 11) is 0. The number of alkyl halides is 2. The Kier molecular flexibility index (Phi) is 8.28.